The number of nitrogens with zero attached hydrogens (tertiary/aromatic N) is 3. The van der Waals surface area contributed by atoms with Crippen molar-refractivity contribution >= 4 is 29.3 Å². The lowest BCUT2D eigenvalue weighted by Crippen LogP contribution is -2.24. The Kier molecular flexibility index (Phi) is 5.28. The van der Waals surface area contributed by atoms with E-state index in [1.54, 1.807) is 6.07 Å². The zero-order valence-electron chi connectivity index (χ0n) is 16.8. The number of alkyl halides is 3. The number of fused-ring (bicyclic) bond motifs is 1. The van der Waals surface area contributed by atoms with E-state index in [1.807, 2.05) is 6.07 Å². The van der Waals surface area contributed by atoms with E-state index in [4.69, 9.17) is 0 Å². The highest BCUT2D eigenvalue weighted by molar-refractivity contribution is 7.70. The monoisotopic (exact) mass is 448 g/mol. The summed E-state index contributed by atoms with van der Waals surface area (Å²) in [5.41, 5.74) is -0.435. The number of H-pyrrole nitrogens is 1. The van der Waals surface area contributed by atoms with Crippen molar-refractivity contribution in [2.24, 2.45) is 0 Å². The van der Waals surface area contributed by atoms with Gasteiger partial charge in [0.25, 0.3) is 0 Å². The Balaban J connectivity index is 1.92. The van der Waals surface area contributed by atoms with Gasteiger partial charge in [-0.1, -0.05) is 6.07 Å². The van der Waals surface area contributed by atoms with Gasteiger partial charge < -0.3 is 20.2 Å². The van der Waals surface area contributed by atoms with Crippen LogP contribution in [-0.2, 0) is 10.7 Å². The number of rotatable bonds is 4. The number of benzene rings is 1. The molecule has 2 aromatic heterocycles. The average molecular weight is 448 g/mol. The molecule has 0 radical (unpaired) electrons. The Morgan fingerprint density at radius 2 is 2.10 bits per heavy atom. The summed E-state index contributed by atoms with van der Waals surface area (Å²) < 4.78 is 54.1. The fourth-order valence-electron chi connectivity index (χ4n) is 3.85. The lowest BCUT2D eigenvalue weighted by Gasteiger charge is -2.16. The second-order valence-corrected chi connectivity index (χ2v) is 11.0. The van der Waals surface area contributed by atoms with E-state index in [0.717, 1.165) is 19.2 Å². The number of hydrogen-bond acceptors (Lipinski definition) is 6. The maximum atomic E-state index is 13.8. The Morgan fingerprint density at radius 1 is 1.32 bits per heavy atom. The van der Waals surface area contributed by atoms with Crippen molar-refractivity contribution in [1.82, 2.24) is 20.3 Å². The number of nitrogens with one attached hydrogen (secondary N) is 3. The van der Waals surface area contributed by atoms with Crippen LogP contribution in [0.1, 0.15) is 17.5 Å². The van der Waals surface area contributed by atoms with Crippen LogP contribution >= 0.6 is 7.14 Å². The predicted molar refractivity (Wildman–Crippen MR) is 113 cm³/mol. The average Bonchev–Trinajstić information content (AvgIpc) is 3.34. The molecule has 7 nitrogen and oxygen atoms in total. The largest absolute Gasteiger partial charge is 0.419 e. The molecule has 0 spiro atoms. The van der Waals surface area contributed by atoms with Gasteiger partial charge in [0.1, 0.15) is 12.7 Å². The third-order valence-corrected chi connectivity index (χ3v) is 6.77. The smallest absolute Gasteiger partial charge is 0.360 e. The summed E-state index contributed by atoms with van der Waals surface area (Å²) in [6.07, 6.45) is -1.66. The molecule has 1 fully saturated rings. The molecular formula is C20H20F3N6OP. The molecule has 31 heavy (non-hydrogen) atoms. The Hall–Kier alpha value is -2.89. The molecular weight excluding hydrogens is 428 g/mol. The highest BCUT2D eigenvalue weighted by Gasteiger charge is 2.36. The Bertz CT molecular complexity index is 1230. The van der Waals surface area contributed by atoms with E-state index in [-0.39, 0.29) is 28.8 Å². The predicted octanol–water partition coefficient (Wildman–Crippen LogP) is 3.54. The van der Waals surface area contributed by atoms with Crippen molar-refractivity contribution in [3.8, 4) is 17.3 Å². The molecule has 3 N–H and O–H groups in total. The van der Waals surface area contributed by atoms with E-state index in [9.17, 15) is 23.0 Å². The first-order valence-corrected chi connectivity index (χ1v) is 12.2. The topological polar surface area (TPSA) is 106 Å². The standard InChI is InChI=1S/C20H20F3N6OP/c1-31(2,30)18-11(7-24)3-4-13-14(9-26-17(13)18)16-15(20(21,22)23)10-27-19(29-16)28-12-5-6-25-8-12/h3-4,9-10,12,25-26H,5-6,8H2,1-2H3,(H,27,28,29)/t12-/m0/s1. The molecule has 3 aromatic rings. The molecule has 0 bridgehead atoms. The first kappa shape index (κ1) is 21.3. The van der Waals surface area contributed by atoms with Crippen molar-refractivity contribution in [3.63, 3.8) is 0 Å². The fraction of sp³-hybridized carbons (Fsp3) is 0.350. The van der Waals surface area contributed by atoms with E-state index in [2.05, 4.69) is 25.6 Å². The van der Waals surface area contributed by atoms with Gasteiger partial charge >= 0.3 is 6.18 Å². The zero-order chi connectivity index (χ0) is 22.4. The van der Waals surface area contributed by atoms with E-state index in [0.29, 0.717) is 22.8 Å². The summed E-state index contributed by atoms with van der Waals surface area (Å²) in [4.78, 5) is 11.0. The highest BCUT2D eigenvalue weighted by atomic mass is 31.2. The SMILES string of the molecule is CP(C)(=O)c1c(C#N)ccc2c(-c3nc(N[C@H]4CCNC4)ncc3C(F)(F)F)c[nH]c12. The van der Waals surface area contributed by atoms with Crippen LogP contribution in [0.3, 0.4) is 0 Å². The van der Waals surface area contributed by atoms with Gasteiger partial charge in [-0.05, 0) is 32.4 Å². The summed E-state index contributed by atoms with van der Waals surface area (Å²) >= 11 is 0. The second-order valence-electron chi connectivity index (χ2n) is 7.84. The molecule has 0 unspecified atom stereocenters. The minimum atomic E-state index is -4.66. The third kappa shape index (κ3) is 4.03. The van der Waals surface area contributed by atoms with Crippen molar-refractivity contribution in [2.75, 3.05) is 31.7 Å². The minimum absolute atomic E-state index is 0.0309. The summed E-state index contributed by atoms with van der Waals surface area (Å²) in [5.74, 6) is 0.108. The molecule has 162 valence electrons. The molecule has 11 heteroatoms. The molecule has 1 atom stereocenters. The van der Waals surface area contributed by atoms with Gasteiger partial charge in [0, 0.05) is 35.9 Å². The first-order valence-electron chi connectivity index (χ1n) is 9.61. The molecule has 1 aliphatic rings. The maximum Gasteiger partial charge on any atom is 0.419 e. The molecule has 3 heterocycles. The molecule has 0 saturated carbocycles. The van der Waals surface area contributed by atoms with Crippen LogP contribution in [0, 0.1) is 11.3 Å². The van der Waals surface area contributed by atoms with Gasteiger partial charge in [-0.15, -0.1) is 0 Å². The summed E-state index contributed by atoms with van der Waals surface area (Å²) in [6, 6.07) is 5.07. The van der Waals surface area contributed by atoms with Gasteiger partial charge in [-0.2, -0.15) is 18.4 Å². The second kappa shape index (κ2) is 7.66. The fourth-order valence-corrected chi connectivity index (χ4v) is 5.28. The van der Waals surface area contributed by atoms with Crippen molar-refractivity contribution in [3.05, 3.63) is 35.7 Å². The number of anilines is 1. The van der Waals surface area contributed by atoms with Crippen LogP contribution in [0.5, 0.6) is 0 Å². The minimum Gasteiger partial charge on any atom is -0.360 e. The molecule has 1 aliphatic heterocycles. The van der Waals surface area contributed by atoms with Gasteiger partial charge in [0.15, 0.2) is 0 Å². The summed E-state index contributed by atoms with van der Waals surface area (Å²) in [5, 5.41) is 16.4. The van der Waals surface area contributed by atoms with Gasteiger partial charge in [0.2, 0.25) is 5.95 Å². The number of aromatic nitrogens is 3. The molecule has 1 saturated heterocycles. The van der Waals surface area contributed by atoms with E-state index < -0.39 is 18.9 Å². The number of hydrogen-bond donors (Lipinski definition) is 3. The normalized spacial score (nSPS) is 17.1. The van der Waals surface area contributed by atoms with Crippen LogP contribution in [0.4, 0.5) is 19.1 Å². The Morgan fingerprint density at radius 3 is 2.71 bits per heavy atom. The number of nitriles is 1. The Labute approximate surface area is 176 Å². The number of aromatic amines is 1. The third-order valence-electron chi connectivity index (χ3n) is 5.23. The summed E-state index contributed by atoms with van der Waals surface area (Å²) in [6.45, 7) is 4.53. The van der Waals surface area contributed by atoms with Crippen molar-refractivity contribution in [2.45, 2.75) is 18.6 Å². The van der Waals surface area contributed by atoms with Crippen LogP contribution in [0.15, 0.2) is 24.5 Å². The van der Waals surface area contributed by atoms with Crippen LogP contribution in [0.25, 0.3) is 22.2 Å². The van der Waals surface area contributed by atoms with Gasteiger partial charge in [-0.3, -0.25) is 0 Å². The van der Waals surface area contributed by atoms with Gasteiger partial charge in [0.05, 0.1) is 28.1 Å². The van der Waals surface area contributed by atoms with E-state index in [1.165, 1.54) is 25.6 Å². The lowest BCUT2D eigenvalue weighted by atomic mass is 10.0. The van der Waals surface area contributed by atoms with Crippen LogP contribution in [-0.4, -0.2) is 47.4 Å². The van der Waals surface area contributed by atoms with Crippen LogP contribution < -0.4 is 15.9 Å². The van der Waals surface area contributed by atoms with Crippen molar-refractivity contribution in [1.29, 1.82) is 5.26 Å². The van der Waals surface area contributed by atoms with Gasteiger partial charge in [-0.25, -0.2) is 9.97 Å². The number of halogens is 3. The highest BCUT2D eigenvalue weighted by Crippen LogP contribution is 2.42. The van der Waals surface area contributed by atoms with Crippen molar-refractivity contribution < 1.29 is 17.7 Å². The molecule has 1 aromatic carbocycles. The molecule has 4 rings (SSSR count). The lowest BCUT2D eigenvalue weighted by molar-refractivity contribution is -0.137. The van der Waals surface area contributed by atoms with Crippen LogP contribution in [0.2, 0.25) is 0 Å². The quantitative estimate of drug-likeness (QED) is 0.528. The van der Waals surface area contributed by atoms with E-state index >= 15 is 0 Å². The maximum absolute atomic E-state index is 13.8. The molecule has 0 amide bonds. The first-order chi connectivity index (χ1) is 14.6. The molecule has 0 aliphatic carbocycles. The summed E-state index contributed by atoms with van der Waals surface area (Å²) in [7, 11) is -2.90. The zero-order valence-corrected chi connectivity index (χ0v) is 17.7.